The van der Waals surface area contributed by atoms with Gasteiger partial charge in [-0.3, -0.25) is 4.90 Å². The fourth-order valence-electron chi connectivity index (χ4n) is 3.77. The Hall–Kier alpha value is -0.820. The Morgan fingerprint density at radius 1 is 0.739 bits per heavy atom. The number of unbranched alkanes of at least 4 members (excludes halogenated alkanes) is 6. The molecule has 0 N–H and O–H groups in total. The van der Waals surface area contributed by atoms with Crippen LogP contribution in [-0.2, 0) is 0 Å². The van der Waals surface area contributed by atoms with Crippen LogP contribution in [0.25, 0.3) is 0 Å². The summed E-state index contributed by atoms with van der Waals surface area (Å²) in [5.74, 6) is 0. The quantitative estimate of drug-likeness (QED) is 0.376. The first kappa shape index (κ1) is 20.2. The molecule has 0 aliphatic rings. The van der Waals surface area contributed by atoms with Crippen molar-refractivity contribution in [1.82, 2.24) is 4.90 Å². The lowest BCUT2D eigenvalue weighted by molar-refractivity contribution is 0.104. The van der Waals surface area contributed by atoms with Crippen LogP contribution in [0.4, 0.5) is 0 Å². The highest BCUT2D eigenvalue weighted by atomic mass is 15.2. The average Bonchev–Trinajstić information content (AvgIpc) is 2.53. The van der Waals surface area contributed by atoms with Crippen LogP contribution in [0.5, 0.6) is 0 Å². The molecule has 0 aromatic heterocycles. The zero-order valence-corrected chi connectivity index (χ0v) is 16.2. The van der Waals surface area contributed by atoms with Crippen LogP contribution in [-0.4, -0.2) is 17.0 Å². The van der Waals surface area contributed by atoms with E-state index < -0.39 is 0 Å². The van der Waals surface area contributed by atoms with Gasteiger partial charge in [-0.05, 0) is 39.7 Å². The molecule has 0 saturated carbocycles. The van der Waals surface area contributed by atoms with Gasteiger partial charge in [0.05, 0.1) is 0 Å². The van der Waals surface area contributed by atoms with E-state index in [4.69, 9.17) is 0 Å². The number of nitrogens with zero attached hydrogens (tertiary/aromatic N) is 1. The van der Waals surface area contributed by atoms with Crippen molar-refractivity contribution in [2.75, 3.05) is 0 Å². The Bertz CT molecular complexity index is 374. The maximum absolute atomic E-state index is 2.69. The molecule has 132 valence electrons. The van der Waals surface area contributed by atoms with Crippen LogP contribution >= 0.6 is 0 Å². The molecule has 1 unspecified atom stereocenters. The van der Waals surface area contributed by atoms with Crippen molar-refractivity contribution in [1.29, 1.82) is 0 Å². The predicted octanol–water partition coefficient (Wildman–Crippen LogP) is 6.99. The first-order valence-electron chi connectivity index (χ1n) is 9.90. The van der Waals surface area contributed by atoms with E-state index in [1.807, 2.05) is 0 Å². The molecule has 1 rings (SSSR count). The van der Waals surface area contributed by atoms with E-state index >= 15 is 0 Å². The van der Waals surface area contributed by atoms with E-state index in [0.29, 0.717) is 18.1 Å². The van der Waals surface area contributed by atoms with Gasteiger partial charge < -0.3 is 0 Å². The van der Waals surface area contributed by atoms with Crippen LogP contribution in [0.15, 0.2) is 30.3 Å². The van der Waals surface area contributed by atoms with Crippen molar-refractivity contribution in [3.05, 3.63) is 35.9 Å². The minimum absolute atomic E-state index is 0.562. The number of hydrogen-bond acceptors (Lipinski definition) is 1. The van der Waals surface area contributed by atoms with E-state index in [2.05, 4.69) is 69.9 Å². The molecule has 1 atom stereocenters. The zero-order valence-electron chi connectivity index (χ0n) is 16.2. The summed E-state index contributed by atoms with van der Waals surface area (Å²) in [7, 11) is 0. The van der Waals surface area contributed by atoms with Gasteiger partial charge in [0.15, 0.2) is 0 Å². The third-order valence-corrected chi connectivity index (χ3v) is 4.82. The van der Waals surface area contributed by atoms with Crippen LogP contribution in [0, 0.1) is 0 Å². The molecule has 0 amide bonds. The minimum atomic E-state index is 0.562. The third-order valence-electron chi connectivity index (χ3n) is 4.82. The van der Waals surface area contributed by atoms with E-state index in [-0.39, 0.29) is 0 Å². The number of benzene rings is 1. The lowest BCUT2D eigenvalue weighted by Gasteiger charge is -2.38. The largest absolute Gasteiger partial charge is 0.292 e. The van der Waals surface area contributed by atoms with Crippen molar-refractivity contribution >= 4 is 0 Å². The van der Waals surface area contributed by atoms with Crippen molar-refractivity contribution < 1.29 is 0 Å². The fourth-order valence-corrected chi connectivity index (χ4v) is 3.77. The summed E-state index contributed by atoms with van der Waals surface area (Å²) in [6, 6.07) is 12.9. The topological polar surface area (TPSA) is 3.24 Å². The standard InChI is InChI=1S/C22H39N/c1-6-7-8-9-10-11-15-18-22(21-16-13-12-14-17-21)23(19(2)3)20(4)5/h12-14,16-17,19-20,22H,6-11,15,18H2,1-5H3. The normalized spacial score (nSPS) is 13.2. The monoisotopic (exact) mass is 317 g/mol. The Morgan fingerprint density at radius 2 is 1.26 bits per heavy atom. The van der Waals surface area contributed by atoms with Crippen LogP contribution in [0.2, 0.25) is 0 Å². The Labute approximate surface area is 145 Å². The molecule has 0 bridgehead atoms. The summed E-state index contributed by atoms with van der Waals surface area (Å²) in [4.78, 5) is 2.69. The number of rotatable bonds is 12. The maximum Gasteiger partial charge on any atom is 0.0353 e. The van der Waals surface area contributed by atoms with Crippen molar-refractivity contribution in [2.45, 2.75) is 104 Å². The molecule has 0 aliphatic carbocycles. The van der Waals surface area contributed by atoms with Gasteiger partial charge in [0, 0.05) is 18.1 Å². The SMILES string of the molecule is CCCCCCCCCC(c1ccccc1)N(C(C)C)C(C)C. The van der Waals surface area contributed by atoms with E-state index in [9.17, 15) is 0 Å². The second-order valence-corrected chi connectivity index (χ2v) is 7.47. The average molecular weight is 318 g/mol. The van der Waals surface area contributed by atoms with Gasteiger partial charge in [-0.15, -0.1) is 0 Å². The molecule has 0 saturated heterocycles. The fraction of sp³-hybridized carbons (Fsp3) is 0.727. The highest BCUT2D eigenvalue weighted by molar-refractivity contribution is 5.19. The summed E-state index contributed by atoms with van der Waals surface area (Å²) < 4.78 is 0. The maximum atomic E-state index is 2.69. The molecule has 1 aromatic rings. The highest BCUT2D eigenvalue weighted by Crippen LogP contribution is 2.30. The Balaban J connectivity index is 2.59. The molecule has 0 heterocycles. The van der Waals surface area contributed by atoms with Gasteiger partial charge in [0.1, 0.15) is 0 Å². The summed E-state index contributed by atoms with van der Waals surface area (Å²) in [5.41, 5.74) is 1.49. The molecule has 1 nitrogen and oxygen atoms in total. The van der Waals surface area contributed by atoms with Gasteiger partial charge in [0.25, 0.3) is 0 Å². The third kappa shape index (κ3) is 7.52. The Kier molecular flexibility index (Phi) is 10.3. The van der Waals surface area contributed by atoms with Gasteiger partial charge in [-0.25, -0.2) is 0 Å². The minimum Gasteiger partial charge on any atom is -0.292 e. The number of hydrogen-bond donors (Lipinski definition) is 0. The molecule has 0 fully saturated rings. The molecular formula is C22H39N. The van der Waals surface area contributed by atoms with Crippen LogP contribution in [0.3, 0.4) is 0 Å². The smallest absolute Gasteiger partial charge is 0.0353 e. The molecule has 0 radical (unpaired) electrons. The first-order chi connectivity index (χ1) is 11.1. The van der Waals surface area contributed by atoms with Gasteiger partial charge >= 0.3 is 0 Å². The van der Waals surface area contributed by atoms with Crippen molar-refractivity contribution in [3.8, 4) is 0 Å². The van der Waals surface area contributed by atoms with Gasteiger partial charge in [-0.1, -0.05) is 82.2 Å². The molecule has 0 spiro atoms. The second-order valence-electron chi connectivity index (χ2n) is 7.47. The molecule has 1 heteroatoms. The first-order valence-corrected chi connectivity index (χ1v) is 9.90. The Morgan fingerprint density at radius 3 is 1.78 bits per heavy atom. The highest BCUT2D eigenvalue weighted by Gasteiger charge is 2.24. The predicted molar refractivity (Wildman–Crippen MR) is 104 cm³/mol. The lowest BCUT2D eigenvalue weighted by atomic mass is 9.95. The van der Waals surface area contributed by atoms with Crippen LogP contribution < -0.4 is 0 Å². The second kappa shape index (κ2) is 11.7. The zero-order chi connectivity index (χ0) is 17.1. The van der Waals surface area contributed by atoms with Crippen molar-refractivity contribution in [2.24, 2.45) is 0 Å². The molecular weight excluding hydrogens is 278 g/mol. The molecule has 0 aliphatic heterocycles. The van der Waals surface area contributed by atoms with Gasteiger partial charge in [0.2, 0.25) is 0 Å². The molecule has 23 heavy (non-hydrogen) atoms. The lowest BCUT2D eigenvalue weighted by Crippen LogP contribution is -2.40. The summed E-state index contributed by atoms with van der Waals surface area (Å²) >= 11 is 0. The summed E-state index contributed by atoms with van der Waals surface area (Å²) in [6.45, 7) is 11.6. The van der Waals surface area contributed by atoms with Gasteiger partial charge in [-0.2, -0.15) is 0 Å². The van der Waals surface area contributed by atoms with Crippen LogP contribution in [0.1, 0.15) is 97.6 Å². The van der Waals surface area contributed by atoms with E-state index in [0.717, 1.165) is 0 Å². The summed E-state index contributed by atoms with van der Waals surface area (Å²) in [6.07, 6.45) is 11.0. The van der Waals surface area contributed by atoms with E-state index in [1.165, 1.54) is 56.9 Å². The summed E-state index contributed by atoms with van der Waals surface area (Å²) in [5, 5.41) is 0. The van der Waals surface area contributed by atoms with E-state index in [1.54, 1.807) is 0 Å². The van der Waals surface area contributed by atoms with Crippen molar-refractivity contribution in [3.63, 3.8) is 0 Å². The molecule has 1 aromatic carbocycles.